The van der Waals surface area contributed by atoms with Gasteiger partial charge in [0.1, 0.15) is 5.69 Å². The molecule has 4 heteroatoms. The van der Waals surface area contributed by atoms with Crippen LogP contribution in [0.1, 0.15) is 11.3 Å². The van der Waals surface area contributed by atoms with Gasteiger partial charge < -0.3 is 0 Å². The highest BCUT2D eigenvalue weighted by atomic mass is 15.3. The minimum atomic E-state index is 0.758. The van der Waals surface area contributed by atoms with Gasteiger partial charge in [0.05, 0.1) is 11.2 Å². The summed E-state index contributed by atoms with van der Waals surface area (Å²) in [5, 5.41) is 17.3. The summed E-state index contributed by atoms with van der Waals surface area (Å²) >= 11 is 0. The summed E-state index contributed by atoms with van der Waals surface area (Å²) in [6.07, 6.45) is 0. The molecule has 2 aromatic heterocycles. The smallest absolute Gasteiger partial charge is 0.184 e. The van der Waals surface area contributed by atoms with Crippen LogP contribution in [0.5, 0.6) is 0 Å². The van der Waals surface area contributed by atoms with E-state index in [4.69, 9.17) is 5.10 Å². The number of hydrogen-bond acceptors (Lipinski definition) is 3. The predicted octanol–water partition coefficient (Wildman–Crippen LogP) is 5.25. The van der Waals surface area contributed by atoms with Crippen LogP contribution in [0.4, 0.5) is 0 Å². The fraction of sp³-hybridized carbons (Fsp3) is 0.0870. The molecule has 0 amide bonds. The SMILES string of the molecule is Cc1cccc2c1c(C)nn2-c1nnc(-c2ccccc2)c2ccccc12. The summed E-state index contributed by atoms with van der Waals surface area (Å²) in [4.78, 5) is 0. The van der Waals surface area contributed by atoms with Crippen molar-refractivity contribution >= 4 is 21.7 Å². The van der Waals surface area contributed by atoms with E-state index < -0.39 is 0 Å². The summed E-state index contributed by atoms with van der Waals surface area (Å²) in [6, 6.07) is 24.7. The lowest BCUT2D eigenvalue weighted by atomic mass is 10.0. The van der Waals surface area contributed by atoms with Crippen LogP contribution in [-0.2, 0) is 0 Å². The topological polar surface area (TPSA) is 43.6 Å². The molecule has 27 heavy (non-hydrogen) atoms. The van der Waals surface area contributed by atoms with Crippen molar-refractivity contribution in [3.8, 4) is 17.1 Å². The number of aromatic nitrogens is 4. The molecule has 4 nitrogen and oxygen atoms in total. The second kappa shape index (κ2) is 6.02. The molecule has 0 saturated heterocycles. The van der Waals surface area contributed by atoms with E-state index in [0.29, 0.717) is 0 Å². The minimum absolute atomic E-state index is 0.758. The van der Waals surface area contributed by atoms with E-state index >= 15 is 0 Å². The number of benzene rings is 3. The normalized spacial score (nSPS) is 11.3. The Kier molecular flexibility index (Phi) is 3.50. The first-order valence-corrected chi connectivity index (χ1v) is 9.00. The Morgan fingerprint density at radius 2 is 1.44 bits per heavy atom. The van der Waals surface area contributed by atoms with E-state index in [-0.39, 0.29) is 0 Å². The molecule has 0 atom stereocenters. The molecule has 130 valence electrons. The van der Waals surface area contributed by atoms with Gasteiger partial charge in [-0.2, -0.15) is 5.10 Å². The van der Waals surface area contributed by atoms with E-state index in [9.17, 15) is 0 Å². The molecule has 5 aromatic rings. The summed E-state index contributed by atoms with van der Waals surface area (Å²) in [6.45, 7) is 4.16. The molecule has 0 saturated carbocycles. The number of aryl methyl sites for hydroxylation is 2. The van der Waals surface area contributed by atoms with Gasteiger partial charge in [-0.25, -0.2) is 4.68 Å². The first-order valence-electron chi connectivity index (χ1n) is 9.00. The van der Waals surface area contributed by atoms with Crippen LogP contribution in [-0.4, -0.2) is 20.0 Å². The summed E-state index contributed by atoms with van der Waals surface area (Å²) < 4.78 is 1.92. The van der Waals surface area contributed by atoms with Crippen LogP contribution < -0.4 is 0 Å². The molecule has 0 radical (unpaired) electrons. The summed E-state index contributed by atoms with van der Waals surface area (Å²) in [5.41, 5.74) is 5.22. The van der Waals surface area contributed by atoms with Crippen molar-refractivity contribution in [3.05, 3.63) is 84.1 Å². The van der Waals surface area contributed by atoms with Crippen molar-refractivity contribution in [2.75, 3.05) is 0 Å². The van der Waals surface area contributed by atoms with Crippen LogP contribution in [0.25, 0.3) is 38.8 Å². The van der Waals surface area contributed by atoms with Gasteiger partial charge in [-0.15, -0.1) is 10.2 Å². The van der Waals surface area contributed by atoms with Crippen molar-refractivity contribution in [2.45, 2.75) is 13.8 Å². The minimum Gasteiger partial charge on any atom is -0.212 e. The molecule has 0 unspecified atom stereocenters. The number of nitrogens with zero attached hydrogens (tertiary/aromatic N) is 4. The highest BCUT2D eigenvalue weighted by Crippen LogP contribution is 2.31. The maximum atomic E-state index is 4.79. The highest BCUT2D eigenvalue weighted by Gasteiger charge is 2.16. The molecule has 0 aliphatic carbocycles. The maximum absolute atomic E-state index is 4.79. The second-order valence-corrected chi connectivity index (χ2v) is 6.75. The van der Waals surface area contributed by atoms with E-state index in [1.165, 1.54) is 10.9 Å². The highest BCUT2D eigenvalue weighted by molar-refractivity contribution is 5.99. The lowest BCUT2D eigenvalue weighted by Crippen LogP contribution is -2.04. The van der Waals surface area contributed by atoms with Crippen LogP contribution in [0, 0.1) is 13.8 Å². The molecule has 2 heterocycles. The van der Waals surface area contributed by atoms with Gasteiger partial charge >= 0.3 is 0 Å². The second-order valence-electron chi connectivity index (χ2n) is 6.75. The Morgan fingerprint density at radius 1 is 0.704 bits per heavy atom. The fourth-order valence-corrected chi connectivity index (χ4v) is 3.77. The zero-order valence-corrected chi connectivity index (χ0v) is 15.2. The third-order valence-electron chi connectivity index (χ3n) is 5.01. The van der Waals surface area contributed by atoms with E-state index in [2.05, 4.69) is 59.6 Å². The van der Waals surface area contributed by atoms with Crippen molar-refractivity contribution < 1.29 is 0 Å². The summed E-state index contributed by atoms with van der Waals surface area (Å²) in [5.74, 6) is 0.758. The molecule has 0 aliphatic heterocycles. The number of hydrogen-bond donors (Lipinski definition) is 0. The maximum Gasteiger partial charge on any atom is 0.184 e. The molecule has 3 aromatic carbocycles. The van der Waals surface area contributed by atoms with Crippen LogP contribution in [0.15, 0.2) is 72.8 Å². The average molecular weight is 350 g/mol. The van der Waals surface area contributed by atoms with E-state index in [0.717, 1.165) is 39.1 Å². The number of fused-ring (bicyclic) bond motifs is 2. The lowest BCUT2D eigenvalue weighted by molar-refractivity contribution is 0.837. The number of rotatable bonds is 2. The standard InChI is InChI=1S/C23H18N4/c1-15-9-8-14-20-21(15)16(2)26-27(20)23-19-13-7-6-12-18(19)22(24-25-23)17-10-4-3-5-11-17/h3-14H,1-2H3. The molecule has 0 N–H and O–H groups in total. The Bertz CT molecular complexity index is 1290. The molecular formula is C23H18N4. The quantitative estimate of drug-likeness (QED) is 0.436. The molecule has 0 bridgehead atoms. The van der Waals surface area contributed by atoms with Gasteiger partial charge in [-0.1, -0.05) is 66.7 Å². The lowest BCUT2D eigenvalue weighted by Gasteiger charge is -2.10. The first-order chi connectivity index (χ1) is 13.2. The Hall–Kier alpha value is -3.53. The predicted molar refractivity (Wildman–Crippen MR) is 109 cm³/mol. The largest absolute Gasteiger partial charge is 0.212 e. The van der Waals surface area contributed by atoms with Gasteiger partial charge in [0, 0.05) is 21.7 Å². The van der Waals surface area contributed by atoms with Gasteiger partial charge in [-0.05, 0) is 25.5 Å². The van der Waals surface area contributed by atoms with Gasteiger partial charge in [0.25, 0.3) is 0 Å². The van der Waals surface area contributed by atoms with E-state index in [1.54, 1.807) is 0 Å². The van der Waals surface area contributed by atoms with Crippen molar-refractivity contribution in [3.63, 3.8) is 0 Å². The molecule has 0 aliphatic rings. The van der Waals surface area contributed by atoms with Gasteiger partial charge in [0.2, 0.25) is 0 Å². The Labute approximate surface area is 157 Å². The van der Waals surface area contributed by atoms with E-state index in [1.807, 2.05) is 41.9 Å². The third kappa shape index (κ3) is 2.41. The molecular weight excluding hydrogens is 332 g/mol. The zero-order valence-electron chi connectivity index (χ0n) is 15.2. The monoisotopic (exact) mass is 350 g/mol. The average Bonchev–Trinajstić information content (AvgIpc) is 3.05. The first kappa shape index (κ1) is 15.7. The van der Waals surface area contributed by atoms with Crippen LogP contribution in [0.2, 0.25) is 0 Å². The Balaban J connectivity index is 1.83. The fourth-order valence-electron chi connectivity index (χ4n) is 3.77. The third-order valence-corrected chi connectivity index (χ3v) is 5.01. The van der Waals surface area contributed by atoms with Crippen molar-refractivity contribution in [1.29, 1.82) is 0 Å². The van der Waals surface area contributed by atoms with Crippen LogP contribution >= 0.6 is 0 Å². The van der Waals surface area contributed by atoms with Gasteiger partial charge in [-0.3, -0.25) is 0 Å². The van der Waals surface area contributed by atoms with Crippen molar-refractivity contribution in [2.24, 2.45) is 0 Å². The molecule has 0 fully saturated rings. The zero-order chi connectivity index (χ0) is 18.4. The van der Waals surface area contributed by atoms with Gasteiger partial charge in [0.15, 0.2) is 5.82 Å². The van der Waals surface area contributed by atoms with Crippen LogP contribution in [0.3, 0.4) is 0 Å². The molecule has 0 spiro atoms. The van der Waals surface area contributed by atoms with Crippen molar-refractivity contribution in [1.82, 2.24) is 20.0 Å². The molecule has 5 rings (SSSR count). The summed E-state index contributed by atoms with van der Waals surface area (Å²) in [7, 11) is 0. The Morgan fingerprint density at radius 3 is 2.26 bits per heavy atom.